The number of piperidine rings is 1. The molecule has 2 N–H and O–H groups in total. The first-order chi connectivity index (χ1) is 15.0. The molecule has 7 nitrogen and oxygen atoms in total. The molecule has 1 aromatic carbocycles. The van der Waals surface area contributed by atoms with Gasteiger partial charge in [-0.2, -0.15) is 0 Å². The molecule has 1 aromatic rings. The molecule has 1 saturated heterocycles. The number of aliphatic hydroxyl groups excluding tert-OH is 1. The van der Waals surface area contributed by atoms with Gasteiger partial charge in [0, 0.05) is 24.4 Å². The maximum atomic E-state index is 12.5. The molecule has 7 rings (SSSR count). The number of fused-ring (bicyclic) bond motifs is 1. The van der Waals surface area contributed by atoms with Gasteiger partial charge in [-0.1, -0.05) is 6.07 Å². The van der Waals surface area contributed by atoms with Crippen LogP contribution < -0.4 is 9.47 Å². The summed E-state index contributed by atoms with van der Waals surface area (Å²) in [6, 6.07) is 4.25. The SMILES string of the molecule is COc1ccc2c3c1O[C@@H]1[C@]34CCN(CC3CC3)[C@H](C2)[C@]4(O)CC[C@@]12C=N[C@@H](CO)O2. The summed E-state index contributed by atoms with van der Waals surface area (Å²) in [6.07, 6.45) is 6.47. The average Bonchev–Trinajstić information content (AvgIpc) is 3.37. The lowest BCUT2D eigenvalue weighted by Crippen LogP contribution is -2.79. The molecule has 6 atom stereocenters. The fourth-order valence-electron chi connectivity index (χ4n) is 7.52. The van der Waals surface area contributed by atoms with Gasteiger partial charge >= 0.3 is 0 Å². The molecule has 0 radical (unpaired) electrons. The van der Waals surface area contributed by atoms with Gasteiger partial charge in [0.15, 0.2) is 17.7 Å². The standard InChI is InChI=1S/C24H30N2O5/c1-29-16-5-4-15-10-17-24(28)7-6-22(13-25-18(12-27)31-22)21-23(24,19(15)20(16)30-21)8-9-26(17)11-14-2-3-14/h4-5,13-14,17-18,21,27-28H,2-3,6-12H2,1H3/t17-,18-,21+,22-,23+,24-/m1/s1. The molecule has 3 aliphatic carbocycles. The lowest BCUT2D eigenvalue weighted by atomic mass is 9.46. The second-order valence-corrected chi connectivity index (χ2v) is 10.4. The maximum Gasteiger partial charge on any atom is 0.172 e. The van der Waals surface area contributed by atoms with E-state index >= 15 is 0 Å². The highest BCUT2D eigenvalue weighted by Gasteiger charge is 2.76. The average molecular weight is 427 g/mol. The minimum Gasteiger partial charge on any atom is -0.493 e. The fourth-order valence-corrected chi connectivity index (χ4v) is 7.52. The Bertz CT molecular complexity index is 979. The second-order valence-electron chi connectivity index (χ2n) is 10.4. The highest BCUT2D eigenvalue weighted by atomic mass is 16.6. The van der Waals surface area contributed by atoms with Crippen molar-refractivity contribution in [1.29, 1.82) is 0 Å². The molecule has 2 saturated carbocycles. The van der Waals surface area contributed by atoms with Crippen molar-refractivity contribution in [3.05, 3.63) is 23.3 Å². The predicted molar refractivity (Wildman–Crippen MR) is 113 cm³/mol. The number of hydrogen-bond donors (Lipinski definition) is 2. The van der Waals surface area contributed by atoms with Crippen molar-refractivity contribution in [2.75, 3.05) is 26.8 Å². The molecular formula is C24H30N2O5. The van der Waals surface area contributed by atoms with Gasteiger partial charge in [0.1, 0.15) is 11.7 Å². The molecule has 3 fully saturated rings. The lowest BCUT2D eigenvalue weighted by Gasteiger charge is -2.65. The molecular weight excluding hydrogens is 396 g/mol. The molecule has 3 aliphatic heterocycles. The lowest BCUT2D eigenvalue weighted by molar-refractivity contribution is -0.232. The van der Waals surface area contributed by atoms with Gasteiger partial charge in [-0.05, 0) is 62.6 Å². The smallest absolute Gasteiger partial charge is 0.172 e. The molecule has 3 heterocycles. The van der Waals surface area contributed by atoms with Gasteiger partial charge in [0.2, 0.25) is 0 Å². The predicted octanol–water partition coefficient (Wildman–Crippen LogP) is 1.42. The molecule has 166 valence electrons. The minimum absolute atomic E-state index is 0.0872. The van der Waals surface area contributed by atoms with Crippen LogP contribution in [0.25, 0.3) is 0 Å². The van der Waals surface area contributed by atoms with Gasteiger partial charge in [-0.3, -0.25) is 9.89 Å². The Labute approximate surface area is 182 Å². The van der Waals surface area contributed by atoms with Crippen LogP contribution in [0.3, 0.4) is 0 Å². The Morgan fingerprint density at radius 1 is 1.26 bits per heavy atom. The summed E-state index contributed by atoms with van der Waals surface area (Å²) in [6.45, 7) is 1.89. The molecule has 6 aliphatic rings. The van der Waals surface area contributed by atoms with Crippen LogP contribution in [0.2, 0.25) is 0 Å². The quantitative estimate of drug-likeness (QED) is 0.758. The minimum atomic E-state index is -0.880. The zero-order valence-corrected chi connectivity index (χ0v) is 17.9. The molecule has 2 spiro atoms. The van der Waals surface area contributed by atoms with E-state index in [1.165, 1.54) is 18.4 Å². The van der Waals surface area contributed by atoms with Crippen LogP contribution in [0.5, 0.6) is 11.5 Å². The number of hydrogen-bond acceptors (Lipinski definition) is 7. The van der Waals surface area contributed by atoms with Gasteiger partial charge < -0.3 is 24.4 Å². The van der Waals surface area contributed by atoms with Gasteiger partial charge in [0.25, 0.3) is 0 Å². The Hall–Kier alpha value is -1.67. The number of aliphatic hydroxyl groups is 2. The number of likely N-dealkylation sites (tertiary alicyclic amines) is 1. The highest BCUT2D eigenvalue weighted by molar-refractivity contribution is 5.76. The summed E-state index contributed by atoms with van der Waals surface area (Å²) in [4.78, 5) is 7.01. The van der Waals surface area contributed by atoms with E-state index in [0.29, 0.717) is 18.6 Å². The Morgan fingerprint density at radius 3 is 2.87 bits per heavy atom. The summed E-state index contributed by atoms with van der Waals surface area (Å²) in [5, 5.41) is 22.2. The van der Waals surface area contributed by atoms with Crippen LogP contribution in [0, 0.1) is 5.92 Å². The molecule has 0 amide bonds. The third kappa shape index (κ3) is 2.16. The van der Waals surface area contributed by atoms with Crippen LogP contribution in [0.4, 0.5) is 0 Å². The van der Waals surface area contributed by atoms with Crippen molar-refractivity contribution in [2.45, 2.75) is 73.5 Å². The van der Waals surface area contributed by atoms with E-state index in [4.69, 9.17) is 14.2 Å². The summed E-state index contributed by atoms with van der Waals surface area (Å²) in [7, 11) is 1.67. The molecule has 0 unspecified atom stereocenters. The van der Waals surface area contributed by atoms with Crippen molar-refractivity contribution in [2.24, 2.45) is 10.9 Å². The number of methoxy groups -OCH3 is 1. The van der Waals surface area contributed by atoms with Crippen molar-refractivity contribution in [3.8, 4) is 11.5 Å². The Kier molecular flexibility index (Phi) is 3.66. The first-order valence-electron chi connectivity index (χ1n) is 11.7. The van der Waals surface area contributed by atoms with E-state index in [2.05, 4.69) is 16.0 Å². The summed E-state index contributed by atoms with van der Waals surface area (Å²) >= 11 is 0. The van der Waals surface area contributed by atoms with Crippen molar-refractivity contribution >= 4 is 6.21 Å². The van der Waals surface area contributed by atoms with E-state index in [1.54, 1.807) is 7.11 Å². The topological polar surface area (TPSA) is 83.8 Å². The summed E-state index contributed by atoms with van der Waals surface area (Å²) < 4.78 is 18.8. The van der Waals surface area contributed by atoms with E-state index < -0.39 is 22.8 Å². The fraction of sp³-hybridized carbons (Fsp3) is 0.708. The van der Waals surface area contributed by atoms with E-state index in [1.807, 2.05) is 12.3 Å². The number of ether oxygens (including phenoxy) is 3. The molecule has 0 aromatic heterocycles. The Balaban J connectivity index is 1.42. The highest BCUT2D eigenvalue weighted by Crippen LogP contribution is 2.67. The second kappa shape index (κ2) is 6.01. The van der Waals surface area contributed by atoms with E-state index in [0.717, 1.165) is 43.2 Å². The van der Waals surface area contributed by atoms with Crippen LogP contribution in [-0.2, 0) is 16.6 Å². The van der Waals surface area contributed by atoms with Crippen LogP contribution >= 0.6 is 0 Å². The maximum absolute atomic E-state index is 12.5. The monoisotopic (exact) mass is 426 g/mol. The molecule has 7 heteroatoms. The zero-order chi connectivity index (χ0) is 21.0. The third-order valence-corrected chi connectivity index (χ3v) is 9.03. The third-order valence-electron chi connectivity index (χ3n) is 9.03. The van der Waals surface area contributed by atoms with Crippen molar-refractivity contribution in [3.63, 3.8) is 0 Å². The first kappa shape index (κ1) is 18.9. The first-order valence-corrected chi connectivity index (χ1v) is 11.7. The van der Waals surface area contributed by atoms with Crippen molar-refractivity contribution in [1.82, 2.24) is 4.90 Å². The molecule has 31 heavy (non-hydrogen) atoms. The van der Waals surface area contributed by atoms with Crippen LogP contribution in [0.1, 0.15) is 43.2 Å². The van der Waals surface area contributed by atoms with Crippen LogP contribution in [-0.4, -0.2) is 77.7 Å². The normalized spacial score (nSPS) is 44.4. The van der Waals surface area contributed by atoms with E-state index in [-0.39, 0.29) is 18.8 Å². The van der Waals surface area contributed by atoms with Gasteiger partial charge in [-0.15, -0.1) is 0 Å². The van der Waals surface area contributed by atoms with Crippen LogP contribution in [0.15, 0.2) is 17.1 Å². The number of rotatable bonds is 4. The largest absolute Gasteiger partial charge is 0.493 e. The number of nitrogens with zero attached hydrogens (tertiary/aromatic N) is 2. The summed E-state index contributed by atoms with van der Waals surface area (Å²) in [5.41, 5.74) is 0.227. The number of aliphatic imine (C=N–C) groups is 1. The summed E-state index contributed by atoms with van der Waals surface area (Å²) in [5.74, 6) is 2.27. The van der Waals surface area contributed by atoms with Gasteiger partial charge in [0.05, 0.1) is 24.7 Å². The molecule has 2 bridgehead atoms. The van der Waals surface area contributed by atoms with Gasteiger partial charge in [-0.25, -0.2) is 0 Å². The Morgan fingerprint density at radius 2 is 2.13 bits per heavy atom. The van der Waals surface area contributed by atoms with Crippen molar-refractivity contribution < 1.29 is 24.4 Å². The zero-order valence-electron chi connectivity index (χ0n) is 17.9. The number of benzene rings is 1. The van der Waals surface area contributed by atoms with E-state index in [9.17, 15) is 10.2 Å².